The zero-order valence-electron chi connectivity index (χ0n) is 17.2. The van der Waals surface area contributed by atoms with E-state index in [1.807, 2.05) is 0 Å². The van der Waals surface area contributed by atoms with Crippen LogP contribution >= 0.6 is 34.8 Å². The van der Waals surface area contributed by atoms with Crippen molar-refractivity contribution in [3.05, 3.63) is 0 Å². The van der Waals surface area contributed by atoms with Crippen LogP contribution in [0.1, 0.15) is 34.1 Å². The van der Waals surface area contributed by atoms with Crippen molar-refractivity contribution in [1.82, 2.24) is 5.32 Å². The van der Waals surface area contributed by atoms with Gasteiger partial charge in [-0.2, -0.15) is 0 Å². The number of esters is 2. The lowest BCUT2D eigenvalue weighted by Gasteiger charge is -2.60. The summed E-state index contributed by atoms with van der Waals surface area (Å²) >= 11 is 17.2. The molecule has 0 radical (unpaired) electrons. The van der Waals surface area contributed by atoms with E-state index >= 15 is 0 Å². The van der Waals surface area contributed by atoms with Gasteiger partial charge in [-0.05, 0) is 20.8 Å². The average molecular weight is 505 g/mol. The average Bonchev–Trinajstić information content (AvgIpc) is 2.95. The smallest absolute Gasteiger partial charge is 0.337 e. The molecule has 176 valence electrons. The Morgan fingerprint density at radius 2 is 1.87 bits per heavy atom. The van der Waals surface area contributed by atoms with E-state index in [1.165, 1.54) is 6.92 Å². The number of ether oxygens (including phenoxy) is 4. The van der Waals surface area contributed by atoms with Gasteiger partial charge in [-0.3, -0.25) is 9.59 Å². The maximum Gasteiger partial charge on any atom is 0.337 e. The third-order valence-corrected chi connectivity index (χ3v) is 6.48. The topological polar surface area (TPSA) is 141 Å². The van der Waals surface area contributed by atoms with Crippen molar-refractivity contribution in [3.8, 4) is 0 Å². The molecule has 3 N–H and O–H groups in total. The number of carbonyl (C=O) groups is 3. The predicted octanol–water partition coefficient (Wildman–Crippen LogP) is 0.352. The van der Waals surface area contributed by atoms with E-state index in [9.17, 15) is 24.6 Å². The van der Waals surface area contributed by atoms with Gasteiger partial charge in [-0.15, -0.1) is 0 Å². The highest BCUT2D eigenvalue weighted by Crippen LogP contribution is 2.51. The molecule has 3 aliphatic rings. The first-order chi connectivity index (χ1) is 14.0. The van der Waals surface area contributed by atoms with Crippen molar-refractivity contribution in [1.29, 1.82) is 0 Å². The number of rotatable bonds is 3. The van der Waals surface area contributed by atoms with Crippen LogP contribution in [0, 0.1) is 5.92 Å². The Hall–Kier alpha value is -0.880. The SMILES string of the molecule is CC(=O)O[C@H]1C[C@]2(NC(=O)C(Cl)(Cl)Cl)[C@@H]([C@H]3COC(C)(C)O3)[C@@H](OC(=O)[C@H]2O)[C@]1(C)O. The van der Waals surface area contributed by atoms with Crippen LogP contribution in [0.5, 0.6) is 0 Å². The van der Waals surface area contributed by atoms with Crippen LogP contribution in [-0.2, 0) is 33.3 Å². The quantitative estimate of drug-likeness (QED) is 0.367. The van der Waals surface area contributed by atoms with Gasteiger partial charge in [0, 0.05) is 13.3 Å². The Morgan fingerprint density at radius 1 is 1.26 bits per heavy atom. The number of hydrogen-bond acceptors (Lipinski definition) is 9. The summed E-state index contributed by atoms with van der Waals surface area (Å²) in [6.07, 6.45) is -5.81. The monoisotopic (exact) mass is 503 g/mol. The minimum absolute atomic E-state index is 0.00185. The molecule has 2 bridgehead atoms. The second-order valence-electron chi connectivity index (χ2n) is 8.67. The van der Waals surface area contributed by atoms with E-state index in [4.69, 9.17) is 53.8 Å². The fraction of sp³-hybridized carbons (Fsp3) is 0.833. The Bertz CT molecular complexity index is 784. The van der Waals surface area contributed by atoms with Gasteiger partial charge in [0.2, 0.25) is 0 Å². The predicted molar refractivity (Wildman–Crippen MR) is 106 cm³/mol. The highest BCUT2D eigenvalue weighted by atomic mass is 35.6. The van der Waals surface area contributed by atoms with Crippen molar-refractivity contribution in [2.24, 2.45) is 5.92 Å². The number of fused-ring (bicyclic) bond motifs is 2. The summed E-state index contributed by atoms with van der Waals surface area (Å²) in [4.78, 5) is 36.9. The van der Waals surface area contributed by atoms with Gasteiger partial charge in [0.15, 0.2) is 11.9 Å². The lowest BCUT2D eigenvalue weighted by atomic mass is 9.58. The molecule has 0 aromatic heterocycles. The van der Waals surface area contributed by atoms with Gasteiger partial charge in [-0.25, -0.2) is 4.79 Å². The van der Waals surface area contributed by atoms with Crippen molar-refractivity contribution in [3.63, 3.8) is 0 Å². The number of amides is 1. The molecule has 3 fully saturated rings. The molecule has 1 aliphatic carbocycles. The van der Waals surface area contributed by atoms with Gasteiger partial charge >= 0.3 is 11.9 Å². The van der Waals surface area contributed by atoms with Crippen LogP contribution in [0.2, 0.25) is 0 Å². The van der Waals surface area contributed by atoms with Crippen LogP contribution in [0.25, 0.3) is 0 Å². The van der Waals surface area contributed by atoms with Crippen LogP contribution in [0.15, 0.2) is 0 Å². The molecule has 7 atom stereocenters. The Labute approximate surface area is 193 Å². The van der Waals surface area contributed by atoms with E-state index in [2.05, 4.69) is 5.32 Å². The minimum Gasteiger partial charge on any atom is -0.459 e. The number of carbonyl (C=O) groups excluding carboxylic acids is 3. The summed E-state index contributed by atoms with van der Waals surface area (Å²) in [6.45, 7) is 5.76. The van der Waals surface area contributed by atoms with Gasteiger partial charge in [0.05, 0.1) is 24.2 Å². The molecule has 0 aromatic rings. The number of alkyl halides is 3. The van der Waals surface area contributed by atoms with E-state index < -0.39 is 68.9 Å². The van der Waals surface area contributed by atoms with Crippen molar-refractivity contribution in [2.45, 2.75) is 79.3 Å². The van der Waals surface area contributed by atoms with Crippen LogP contribution in [-0.4, -0.2) is 79.8 Å². The first-order valence-corrected chi connectivity index (χ1v) is 10.6. The van der Waals surface area contributed by atoms with Gasteiger partial charge in [0.1, 0.15) is 17.8 Å². The van der Waals surface area contributed by atoms with Crippen molar-refractivity contribution in [2.75, 3.05) is 6.61 Å². The largest absolute Gasteiger partial charge is 0.459 e. The Balaban J connectivity index is 2.14. The minimum atomic E-state index is -2.43. The maximum atomic E-state index is 12.6. The molecular formula is C18H24Cl3NO9. The van der Waals surface area contributed by atoms with Crippen LogP contribution < -0.4 is 5.32 Å². The number of aliphatic hydroxyl groups is 2. The van der Waals surface area contributed by atoms with Crippen LogP contribution in [0.3, 0.4) is 0 Å². The second kappa shape index (κ2) is 7.86. The van der Waals surface area contributed by atoms with Crippen molar-refractivity contribution < 1.29 is 43.5 Å². The molecule has 2 saturated heterocycles. The fourth-order valence-corrected chi connectivity index (χ4v) is 4.76. The van der Waals surface area contributed by atoms with E-state index in [-0.39, 0.29) is 13.0 Å². The van der Waals surface area contributed by atoms with Gasteiger partial charge in [0.25, 0.3) is 9.70 Å². The van der Waals surface area contributed by atoms with Gasteiger partial charge in [-0.1, -0.05) is 34.8 Å². The fourth-order valence-electron chi connectivity index (χ4n) is 4.62. The van der Waals surface area contributed by atoms with Crippen molar-refractivity contribution >= 4 is 52.6 Å². The molecular weight excluding hydrogens is 481 g/mol. The van der Waals surface area contributed by atoms with Crippen LogP contribution in [0.4, 0.5) is 0 Å². The maximum absolute atomic E-state index is 12.6. The molecule has 0 unspecified atom stereocenters. The summed E-state index contributed by atoms with van der Waals surface area (Å²) in [5.41, 5.74) is -3.76. The lowest BCUT2D eigenvalue weighted by Crippen LogP contribution is -2.81. The van der Waals surface area contributed by atoms with E-state index in [1.54, 1.807) is 13.8 Å². The molecule has 31 heavy (non-hydrogen) atoms. The number of hydrogen-bond donors (Lipinski definition) is 3. The third-order valence-electron chi connectivity index (χ3n) is 5.97. The first-order valence-electron chi connectivity index (χ1n) is 9.50. The highest BCUT2D eigenvalue weighted by molar-refractivity contribution is 6.76. The Morgan fingerprint density at radius 3 is 2.35 bits per heavy atom. The number of halogens is 3. The highest BCUT2D eigenvalue weighted by Gasteiger charge is 2.71. The molecule has 2 aliphatic heterocycles. The molecule has 0 spiro atoms. The summed E-state index contributed by atoms with van der Waals surface area (Å²) in [5, 5.41) is 24.6. The molecule has 1 amide bonds. The molecule has 10 nitrogen and oxygen atoms in total. The third kappa shape index (κ3) is 4.36. The van der Waals surface area contributed by atoms with E-state index in [0.29, 0.717) is 0 Å². The molecule has 1 saturated carbocycles. The summed E-state index contributed by atoms with van der Waals surface area (Å²) < 4.78 is 19.7. The first kappa shape index (κ1) is 24.8. The molecule has 3 rings (SSSR count). The number of nitrogens with one attached hydrogen (secondary N) is 1. The molecule has 0 aromatic carbocycles. The zero-order chi connectivity index (χ0) is 23.6. The lowest BCUT2D eigenvalue weighted by molar-refractivity contribution is -0.275. The normalized spacial score (nSPS) is 42.0. The number of aliphatic hydroxyl groups excluding tert-OH is 1. The Kier molecular flexibility index (Phi) is 6.28. The molecule has 13 heteroatoms. The summed E-state index contributed by atoms with van der Waals surface area (Å²) in [5.74, 6) is -5.03. The van der Waals surface area contributed by atoms with E-state index in [0.717, 1.165) is 6.92 Å². The summed E-state index contributed by atoms with van der Waals surface area (Å²) in [7, 11) is 0. The van der Waals surface area contributed by atoms with Gasteiger partial charge < -0.3 is 34.5 Å². The second-order valence-corrected chi connectivity index (χ2v) is 11.0. The molecule has 2 heterocycles. The summed E-state index contributed by atoms with van der Waals surface area (Å²) in [6, 6.07) is 0. The standard InChI is InChI=1S/C18H24Cl3NO9/c1-7(23)29-9-5-17(22-14(26)18(19,20)21)10(8-6-28-15(2,3)31-8)12(16(9,4)27)30-13(25)11(17)24/h8-12,24,27H,5-6H2,1-4H3,(H,22,26)/t8-,9+,10+,11-,12-,16-,17+/m1/s1. The zero-order valence-corrected chi connectivity index (χ0v) is 19.5.